The average Bonchev–Trinajstić information content (AvgIpc) is 1.58. The van der Waals surface area contributed by atoms with Crippen LogP contribution in [0, 0.1) is 108 Å². The Morgan fingerprint density at radius 1 is 0.341 bits per heavy atom. The molecule has 0 N–H and O–H groups in total. The molecule has 0 spiro atoms. The normalized spacial score (nSPS) is 12.3. The van der Waals surface area contributed by atoms with Crippen LogP contribution in [0.5, 0.6) is 0 Å². The Hall–Kier alpha value is -5.45. The number of fused-ring (bicyclic) bond motifs is 27. The van der Waals surface area contributed by atoms with Gasteiger partial charge in [-0.1, -0.05) is 160 Å². The van der Waals surface area contributed by atoms with Gasteiger partial charge in [-0.2, -0.15) is 0 Å². The van der Waals surface area contributed by atoms with Crippen molar-refractivity contribution in [2.75, 3.05) is 18.0 Å². The van der Waals surface area contributed by atoms with Crippen LogP contribution in [0.25, 0.3) is 154 Å². The number of rotatable bonds is 6. The van der Waals surface area contributed by atoms with Crippen molar-refractivity contribution in [1.82, 2.24) is 37.5 Å². The third kappa shape index (κ3) is 19.5. The number of hydrogen-bond donors (Lipinski definition) is 0. The van der Waals surface area contributed by atoms with Crippen molar-refractivity contribution in [2.24, 2.45) is 5.41 Å². The number of pyridine rings is 4. The summed E-state index contributed by atoms with van der Waals surface area (Å²) in [6, 6.07) is 90.0. The van der Waals surface area contributed by atoms with E-state index in [9.17, 15) is 0 Å². The Labute approximate surface area is 899 Å². The van der Waals surface area contributed by atoms with Gasteiger partial charge in [0.15, 0.2) is 0 Å². The molecule has 1 saturated heterocycles. The van der Waals surface area contributed by atoms with Crippen molar-refractivity contribution < 1.29 is 211 Å². The number of aromatic nitrogens is 8. The van der Waals surface area contributed by atoms with E-state index in [4.69, 9.17) is 19.9 Å². The Morgan fingerprint density at radius 3 is 1.25 bits per heavy atom. The SMILES string of the molecule is Cc1ccc2c(c1)c1ccc[c-]c1c1ncc(-c3c(C)cc(C(C)C)cc3C(C)C)n21.Cc1ccc2nc3c4[c-]cccc4c4ccccc4n3c2c1.Cc1cccc(C)c1-c1cnc2c3[c-]cccc3c3cc(N4CCCCC4)ccc3n12.Cc1cccc(C)c1-c1cnc2c3[c-]cccc3c3cc4c(cc3n12)CC(C)(C)C4.[CH3-].[CH3-].[CH3-].[CH3-].[Ir].[Ir].[Ir].[Ir].[Y].[Y].[Y].[Y]. The second-order valence-corrected chi connectivity index (χ2v) is 33.6. The van der Waals surface area contributed by atoms with Gasteiger partial charge in [0.25, 0.3) is 0 Å². The van der Waals surface area contributed by atoms with E-state index in [0.29, 0.717) is 17.3 Å². The zero-order valence-corrected chi connectivity index (χ0v) is 96.1. The van der Waals surface area contributed by atoms with E-state index in [-0.39, 0.29) is 241 Å². The van der Waals surface area contributed by atoms with Crippen LogP contribution < -0.4 is 4.90 Å². The first-order valence-corrected chi connectivity index (χ1v) is 40.7. The standard InChI is InChI=1S/C29H29N2.C28H26N3.C28H25N2.C20H13N2.4CH3.4Ir.4Y/c1-17(2)21-14-20(6)28(24(15-21)18(3)4)27-16-30-29-23-10-8-7-9-22(23)25-13-19(5)11-12-26(25)31(27)29;1-19-9-8-10-20(2)27(19)26-18-29-28-23-12-5-4-11-22(23)24-17-21(13-14-25(24)31(26)28)30-15-6-3-7-16-30;1-17-8-7-9-18(2)26(17)25-16-29-27-22-11-6-5-10-21(22)23-12-19-14-28(3,4)15-20(19)13-24(23)30(25)27;1-13-10-11-17-19(12-13)22-18-9-5-4-7-15(18)14-6-2-3-8-16(14)20(22)21-17;;;;;;;;;;;;/h7-9,11-18H,1-6H3;4-5,8-11,13-14,17-18H,3,6-7,15-16H2,1-2H3;5-10,12-13,16H,14-15H2,1-4H3;2-7,9-12H,1H3;4*1H3;;;;;;;;/q8*-1;;;;;;;;. The summed E-state index contributed by atoms with van der Waals surface area (Å²) in [5.41, 5.74) is 34.7. The molecule has 8 aromatic heterocycles. The van der Waals surface area contributed by atoms with Crippen LogP contribution in [0.1, 0.15) is 134 Å². The number of aryl methyl sites for hydroxylation is 7. The molecule has 0 bridgehead atoms. The van der Waals surface area contributed by atoms with Gasteiger partial charge in [0.2, 0.25) is 0 Å². The predicted octanol–water partition coefficient (Wildman–Crippen LogP) is 28.2. The monoisotopic (exact) mass is 2670 g/mol. The minimum atomic E-state index is 0. The molecule has 22 rings (SSSR count). The maximum atomic E-state index is 4.93. The number of benzene rings is 12. The molecule has 2 aliphatic rings. The van der Waals surface area contributed by atoms with E-state index >= 15 is 0 Å². The molecule has 126 heavy (non-hydrogen) atoms. The van der Waals surface area contributed by atoms with Crippen molar-refractivity contribution in [3.8, 4) is 33.8 Å². The molecule has 0 amide bonds. The molecule has 1 aliphatic heterocycles. The summed E-state index contributed by atoms with van der Waals surface area (Å²) in [6.45, 7) is 31.4. The first kappa shape index (κ1) is 108. The van der Waals surface area contributed by atoms with Gasteiger partial charge >= 0.3 is 0 Å². The molecule has 9 heterocycles. The molecule has 0 unspecified atom stereocenters. The van der Waals surface area contributed by atoms with Gasteiger partial charge in [0.1, 0.15) is 0 Å². The fourth-order valence-electron chi connectivity index (χ4n) is 19.0. The van der Waals surface area contributed by atoms with Crippen LogP contribution in [-0.2, 0) is 224 Å². The van der Waals surface area contributed by atoms with Gasteiger partial charge in [-0.15, -0.1) is 119 Å². The molecule has 642 valence electrons. The fraction of sp³-hybridized carbons (Fsp3) is 0.211. The second-order valence-electron chi connectivity index (χ2n) is 33.6. The number of anilines is 1. The third-order valence-electron chi connectivity index (χ3n) is 24.4. The van der Waals surface area contributed by atoms with Crippen LogP contribution in [0.2, 0.25) is 0 Å². The summed E-state index contributed by atoms with van der Waals surface area (Å²) in [5.74, 6) is 0.938. The summed E-state index contributed by atoms with van der Waals surface area (Å²) in [5, 5.41) is 14.3. The van der Waals surface area contributed by atoms with Crippen molar-refractivity contribution in [3.63, 3.8) is 0 Å². The van der Waals surface area contributed by atoms with Gasteiger partial charge in [0, 0.05) is 287 Å². The summed E-state index contributed by atoms with van der Waals surface area (Å²) < 4.78 is 9.31. The first-order chi connectivity index (χ1) is 55.3. The van der Waals surface area contributed by atoms with E-state index in [1.54, 1.807) is 0 Å². The van der Waals surface area contributed by atoms with E-state index < -0.39 is 0 Å². The quantitative estimate of drug-likeness (QED) is 0.123. The van der Waals surface area contributed by atoms with Crippen LogP contribution in [0.15, 0.2) is 231 Å². The minimum Gasteiger partial charge on any atom is -0.372 e. The molecule has 20 aromatic rings. The molecule has 17 heteroatoms. The Balaban J connectivity index is 0.000000225. The van der Waals surface area contributed by atoms with Crippen LogP contribution >= 0.6 is 0 Å². The Morgan fingerprint density at radius 2 is 0.754 bits per heavy atom. The summed E-state index contributed by atoms with van der Waals surface area (Å²) >= 11 is 0. The second kappa shape index (κ2) is 44.4. The maximum absolute atomic E-state index is 4.93. The molecule has 0 saturated carbocycles. The molecule has 12 aromatic carbocycles. The first-order valence-electron chi connectivity index (χ1n) is 40.7. The zero-order chi connectivity index (χ0) is 78.1. The number of para-hydroxylation sites is 1. The zero-order valence-electron chi connectivity index (χ0n) is 75.2. The number of nitrogens with zero attached hydrogens (tertiary/aromatic N) is 9. The van der Waals surface area contributed by atoms with E-state index in [1.807, 2.05) is 42.7 Å². The molecule has 1 aliphatic carbocycles. The Bertz CT molecular complexity index is 7300. The Kier molecular flexibility index (Phi) is 37.9. The van der Waals surface area contributed by atoms with Gasteiger partial charge in [-0.05, 0) is 224 Å². The van der Waals surface area contributed by atoms with Gasteiger partial charge in [-0.25, -0.2) is 0 Å². The fourth-order valence-corrected chi connectivity index (χ4v) is 19.0. The average molecular weight is 2670 g/mol. The van der Waals surface area contributed by atoms with Crippen molar-refractivity contribution in [2.45, 2.75) is 134 Å². The van der Waals surface area contributed by atoms with Crippen LogP contribution in [-0.4, -0.2) is 50.6 Å². The molecule has 0 atom stereocenters. The van der Waals surface area contributed by atoms with Crippen LogP contribution in [0.4, 0.5) is 5.69 Å². The topological polar surface area (TPSA) is 72.4 Å². The third-order valence-corrected chi connectivity index (χ3v) is 24.4. The number of hydrogen-bond acceptors (Lipinski definition) is 5. The van der Waals surface area contributed by atoms with Crippen molar-refractivity contribution in [3.05, 3.63) is 346 Å². The molecule has 9 nitrogen and oxygen atoms in total. The van der Waals surface area contributed by atoms with Crippen molar-refractivity contribution >= 4 is 126 Å². The van der Waals surface area contributed by atoms with E-state index in [0.717, 1.165) is 86.8 Å². The van der Waals surface area contributed by atoms with Gasteiger partial charge in [0.05, 0.1) is 50.7 Å². The van der Waals surface area contributed by atoms with E-state index in [1.165, 1.54) is 179 Å². The molecule has 1 fully saturated rings. The molecular formula is C109H105Ir4N9Y4-8. The summed E-state index contributed by atoms with van der Waals surface area (Å²) in [7, 11) is 0. The molecule has 8 radical (unpaired) electrons. The van der Waals surface area contributed by atoms with Gasteiger partial charge < -0.3 is 52.2 Å². The summed E-state index contributed by atoms with van der Waals surface area (Å²) in [6.07, 6.45) is 12.3. The minimum absolute atomic E-state index is 0. The summed E-state index contributed by atoms with van der Waals surface area (Å²) in [4.78, 5) is 22.1. The largest absolute Gasteiger partial charge is 0.372 e. The smallest absolute Gasteiger partial charge is 0.0774 e. The number of piperidine rings is 1. The number of imidazole rings is 4. The molecular weight excluding hydrogens is 2560 g/mol. The predicted molar refractivity (Wildman–Crippen MR) is 504 cm³/mol. The van der Waals surface area contributed by atoms with Crippen LogP contribution in [0.3, 0.4) is 0 Å². The van der Waals surface area contributed by atoms with E-state index in [2.05, 4.69) is 325 Å². The van der Waals surface area contributed by atoms with Gasteiger partial charge in [-0.3, -0.25) is 19.9 Å². The maximum Gasteiger partial charge on any atom is 0.0774 e. The van der Waals surface area contributed by atoms with Crippen molar-refractivity contribution in [1.29, 1.82) is 0 Å².